The second kappa shape index (κ2) is 6.96. The zero-order valence-electron chi connectivity index (χ0n) is 13.3. The van der Waals surface area contributed by atoms with Crippen molar-refractivity contribution in [2.75, 3.05) is 0 Å². The van der Waals surface area contributed by atoms with Crippen molar-refractivity contribution < 1.29 is 22.8 Å². The molecule has 4 nitrogen and oxygen atoms in total. The summed E-state index contributed by atoms with van der Waals surface area (Å²) in [5.74, 6) is -2.32. The predicted octanol–water partition coefficient (Wildman–Crippen LogP) is 3.47. The fourth-order valence-corrected chi connectivity index (χ4v) is 2.59. The van der Waals surface area contributed by atoms with Crippen LogP contribution in [0.15, 0.2) is 47.6 Å². The standard InChI is InChI=1S/C18H15F3N2O2/c1-10(14-6-5-13(20)8-15(14)21)22-18(24)17-9-16(23-25-17)11-3-2-4-12(19)7-11/h2-8,10,17H,9H2,1H3,(H,22,24). The third-order valence-corrected chi connectivity index (χ3v) is 3.91. The highest BCUT2D eigenvalue weighted by Gasteiger charge is 2.30. The minimum atomic E-state index is -0.885. The molecule has 1 amide bonds. The number of oxime groups is 1. The van der Waals surface area contributed by atoms with E-state index in [0.29, 0.717) is 11.3 Å². The number of amides is 1. The van der Waals surface area contributed by atoms with Crippen LogP contribution in [0.1, 0.15) is 30.5 Å². The Hall–Kier alpha value is -2.83. The summed E-state index contributed by atoms with van der Waals surface area (Å²) in [5.41, 5.74) is 1.16. The molecule has 1 N–H and O–H groups in total. The quantitative estimate of drug-likeness (QED) is 0.920. The van der Waals surface area contributed by atoms with Crippen LogP contribution in [0.4, 0.5) is 13.2 Å². The van der Waals surface area contributed by atoms with Crippen molar-refractivity contribution in [3.8, 4) is 0 Å². The molecule has 130 valence electrons. The van der Waals surface area contributed by atoms with Crippen LogP contribution in [-0.4, -0.2) is 17.7 Å². The molecule has 2 unspecified atom stereocenters. The first-order chi connectivity index (χ1) is 11.9. The zero-order valence-corrected chi connectivity index (χ0v) is 13.3. The number of hydrogen-bond donors (Lipinski definition) is 1. The van der Waals surface area contributed by atoms with Gasteiger partial charge in [0.15, 0.2) is 0 Å². The lowest BCUT2D eigenvalue weighted by Crippen LogP contribution is -2.36. The Balaban J connectivity index is 1.63. The minimum Gasteiger partial charge on any atom is -0.382 e. The van der Waals surface area contributed by atoms with Gasteiger partial charge in [-0.15, -0.1) is 0 Å². The molecular formula is C18H15F3N2O2. The van der Waals surface area contributed by atoms with Gasteiger partial charge in [-0.1, -0.05) is 23.4 Å². The number of hydrogen-bond acceptors (Lipinski definition) is 3. The summed E-state index contributed by atoms with van der Waals surface area (Å²) in [4.78, 5) is 17.4. The second-order valence-corrected chi connectivity index (χ2v) is 5.74. The first-order valence-corrected chi connectivity index (χ1v) is 7.68. The van der Waals surface area contributed by atoms with Gasteiger partial charge in [0.2, 0.25) is 6.10 Å². The van der Waals surface area contributed by atoms with Crippen molar-refractivity contribution in [1.82, 2.24) is 5.32 Å². The predicted molar refractivity (Wildman–Crippen MR) is 85.3 cm³/mol. The normalized spacial score (nSPS) is 17.6. The summed E-state index contributed by atoms with van der Waals surface area (Å²) in [5, 5.41) is 6.43. The van der Waals surface area contributed by atoms with Gasteiger partial charge in [-0.2, -0.15) is 0 Å². The maximum atomic E-state index is 13.8. The van der Waals surface area contributed by atoms with E-state index in [4.69, 9.17) is 4.84 Å². The first-order valence-electron chi connectivity index (χ1n) is 7.68. The van der Waals surface area contributed by atoms with E-state index in [1.807, 2.05) is 0 Å². The Labute approximate surface area is 142 Å². The van der Waals surface area contributed by atoms with Crippen molar-refractivity contribution in [2.24, 2.45) is 5.16 Å². The molecule has 0 radical (unpaired) electrons. The number of nitrogens with one attached hydrogen (secondary N) is 1. The number of halogens is 3. The van der Waals surface area contributed by atoms with Gasteiger partial charge in [-0.05, 0) is 25.1 Å². The lowest BCUT2D eigenvalue weighted by atomic mass is 10.0. The van der Waals surface area contributed by atoms with Gasteiger partial charge < -0.3 is 10.2 Å². The minimum absolute atomic E-state index is 0.166. The van der Waals surface area contributed by atoms with Crippen molar-refractivity contribution in [1.29, 1.82) is 0 Å². The molecule has 0 saturated carbocycles. The number of rotatable bonds is 4. The van der Waals surface area contributed by atoms with Crippen LogP contribution in [0.2, 0.25) is 0 Å². The van der Waals surface area contributed by atoms with Crippen LogP contribution in [0.3, 0.4) is 0 Å². The van der Waals surface area contributed by atoms with Gasteiger partial charge >= 0.3 is 0 Å². The van der Waals surface area contributed by atoms with E-state index < -0.39 is 35.5 Å². The lowest BCUT2D eigenvalue weighted by Gasteiger charge is -2.17. The Morgan fingerprint density at radius 1 is 1.20 bits per heavy atom. The van der Waals surface area contributed by atoms with Gasteiger partial charge in [0.25, 0.3) is 5.91 Å². The summed E-state index contributed by atoms with van der Waals surface area (Å²) in [6, 6.07) is 8.31. The molecule has 1 aliphatic heterocycles. The summed E-state index contributed by atoms with van der Waals surface area (Å²) in [7, 11) is 0. The Kier molecular flexibility index (Phi) is 4.74. The zero-order chi connectivity index (χ0) is 18.0. The van der Waals surface area contributed by atoms with Crippen molar-refractivity contribution >= 4 is 11.6 Å². The maximum absolute atomic E-state index is 13.8. The van der Waals surface area contributed by atoms with Crippen molar-refractivity contribution in [3.63, 3.8) is 0 Å². The molecule has 0 saturated heterocycles. The second-order valence-electron chi connectivity index (χ2n) is 5.74. The highest BCUT2D eigenvalue weighted by molar-refractivity contribution is 6.04. The highest BCUT2D eigenvalue weighted by atomic mass is 19.1. The highest BCUT2D eigenvalue weighted by Crippen LogP contribution is 2.21. The van der Waals surface area contributed by atoms with Gasteiger partial charge in [-0.25, -0.2) is 13.2 Å². The van der Waals surface area contributed by atoms with E-state index in [1.54, 1.807) is 19.1 Å². The lowest BCUT2D eigenvalue weighted by molar-refractivity contribution is -0.131. The first kappa shape index (κ1) is 17.0. The van der Waals surface area contributed by atoms with Crippen LogP contribution < -0.4 is 5.32 Å². The molecule has 0 aliphatic carbocycles. The third-order valence-electron chi connectivity index (χ3n) is 3.91. The molecule has 1 heterocycles. The topological polar surface area (TPSA) is 50.7 Å². The molecule has 2 atom stereocenters. The Morgan fingerprint density at radius 2 is 1.96 bits per heavy atom. The summed E-state index contributed by atoms with van der Waals surface area (Å²) < 4.78 is 40.0. The van der Waals surface area contributed by atoms with Gasteiger partial charge in [-0.3, -0.25) is 4.79 Å². The van der Waals surface area contributed by atoms with Gasteiger partial charge in [0, 0.05) is 23.6 Å². The van der Waals surface area contributed by atoms with E-state index in [-0.39, 0.29) is 12.0 Å². The van der Waals surface area contributed by atoms with E-state index in [1.165, 1.54) is 18.2 Å². The average molecular weight is 348 g/mol. The SMILES string of the molecule is CC(NC(=O)C1CC(c2cccc(F)c2)=NO1)c1ccc(F)cc1F. The summed E-state index contributed by atoms with van der Waals surface area (Å²) in [6.45, 7) is 1.58. The third kappa shape index (κ3) is 3.81. The molecule has 0 fully saturated rings. The van der Waals surface area contributed by atoms with Gasteiger partial charge in [0.05, 0.1) is 11.8 Å². The van der Waals surface area contributed by atoms with Crippen LogP contribution >= 0.6 is 0 Å². The van der Waals surface area contributed by atoms with Crippen LogP contribution in [-0.2, 0) is 9.63 Å². The number of carbonyl (C=O) groups excluding carboxylic acids is 1. The smallest absolute Gasteiger partial charge is 0.264 e. The summed E-state index contributed by atoms with van der Waals surface area (Å²) in [6.07, 6.45) is -0.710. The molecule has 0 spiro atoms. The van der Waals surface area contributed by atoms with Crippen LogP contribution in [0, 0.1) is 17.5 Å². The molecule has 0 bridgehead atoms. The molecular weight excluding hydrogens is 333 g/mol. The largest absolute Gasteiger partial charge is 0.382 e. The molecule has 2 aromatic rings. The average Bonchev–Trinajstić information content (AvgIpc) is 3.04. The molecule has 0 aromatic heterocycles. The fraction of sp³-hybridized carbons (Fsp3) is 0.222. The fourth-order valence-electron chi connectivity index (χ4n) is 2.59. The van der Waals surface area contributed by atoms with Gasteiger partial charge in [0.1, 0.15) is 17.5 Å². The molecule has 1 aliphatic rings. The maximum Gasteiger partial charge on any atom is 0.264 e. The van der Waals surface area contributed by atoms with Crippen LogP contribution in [0.5, 0.6) is 0 Å². The molecule has 2 aromatic carbocycles. The van der Waals surface area contributed by atoms with E-state index in [2.05, 4.69) is 10.5 Å². The van der Waals surface area contributed by atoms with E-state index >= 15 is 0 Å². The summed E-state index contributed by atoms with van der Waals surface area (Å²) >= 11 is 0. The Bertz CT molecular complexity index is 839. The monoisotopic (exact) mass is 348 g/mol. The number of nitrogens with zero attached hydrogens (tertiary/aromatic N) is 1. The van der Waals surface area contributed by atoms with Crippen molar-refractivity contribution in [2.45, 2.75) is 25.5 Å². The van der Waals surface area contributed by atoms with E-state index in [9.17, 15) is 18.0 Å². The van der Waals surface area contributed by atoms with E-state index in [0.717, 1.165) is 12.1 Å². The number of benzene rings is 2. The van der Waals surface area contributed by atoms with Crippen LogP contribution in [0.25, 0.3) is 0 Å². The number of carbonyl (C=O) groups is 1. The van der Waals surface area contributed by atoms with Crippen molar-refractivity contribution in [3.05, 3.63) is 71.0 Å². The Morgan fingerprint density at radius 3 is 2.68 bits per heavy atom. The molecule has 7 heteroatoms. The molecule has 3 rings (SSSR count). The molecule has 25 heavy (non-hydrogen) atoms.